The first-order valence-corrected chi connectivity index (χ1v) is 9.01. The first kappa shape index (κ1) is 20.0. The van der Waals surface area contributed by atoms with E-state index < -0.39 is 0 Å². The zero-order valence-corrected chi connectivity index (χ0v) is 14.4. The van der Waals surface area contributed by atoms with Crippen LogP contribution >= 0.6 is 0 Å². The number of unbranched alkanes of at least 4 members (excludes halogenated alkanes) is 6. The van der Waals surface area contributed by atoms with Gasteiger partial charge in [0, 0.05) is 0 Å². The molecule has 0 bridgehead atoms. The number of allylic oxidation sites excluding steroid dienone is 8. The standard InChI is InChI=1S/C21H36/c1-3-5-7-9-11-13-15-17-19-21-20-18-16-14-12-10-8-6-4-2/h5-8,11,13,17,19H,3-4,9-10,12,14-16,18,20-21H2,1-2H3/b7-5-,8-6+,13-11-,19-17-. The summed E-state index contributed by atoms with van der Waals surface area (Å²) >= 11 is 0. The van der Waals surface area contributed by atoms with Crippen molar-refractivity contribution >= 4 is 0 Å². The summed E-state index contributed by atoms with van der Waals surface area (Å²) < 4.78 is 0. The third-order valence-electron chi connectivity index (χ3n) is 3.42. The van der Waals surface area contributed by atoms with Crippen LogP contribution < -0.4 is 0 Å². The molecule has 0 saturated heterocycles. The minimum Gasteiger partial charge on any atom is -0.0888 e. The topological polar surface area (TPSA) is 0 Å². The monoisotopic (exact) mass is 288 g/mol. The van der Waals surface area contributed by atoms with Crippen molar-refractivity contribution in [3.05, 3.63) is 48.6 Å². The summed E-state index contributed by atoms with van der Waals surface area (Å²) in [6.45, 7) is 4.37. The molecular formula is C21H36. The molecular weight excluding hydrogens is 252 g/mol. The van der Waals surface area contributed by atoms with Gasteiger partial charge in [-0.05, 0) is 51.4 Å². The molecule has 0 aromatic heterocycles. The molecule has 0 N–H and O–H groups in total. The largest absolute Gasteiger partial charge is 0.0888 e. The Hall–Kier alpha value is -1.04. The van der Waals surface area contributed by atoms with Crippen LogP contribution in [0.4, 0.5) is 0 Å². The average molecular weight is 289 g/mol. The fraction of sp³-hybridized carbons (Fsp3) is 0.619. The lowest BCUT2D eigenvalue weighted by Gasteiger charge is -1.98. The summed E-state index contributed by atoms with van der Waals surface area (Å²) in [5.41, 5.74) is 0. The van der Waals surface area contributed by atoms with Crippen molar-refractivity contribution in [2.24, 2.45) is 0 Å². The number of hydrogen-bond donors (Lipinski definition) is 0. The van der Waals surface area contributed by atoms with Crippen molar-refractivity contribution in [2.75, 3.05) is 0 Å². The quantitative estimate of drug-likeness (QED) is 0.229. The lowest BCUT2D eigenvalue weighted by Crippen LogP contribution is -1.78. The summed E-state index contributed by atoms with van der Waals surface area (Å²) in [5, 5.41) is 0. The summed E-state index contributed by atoms with van der Waals surface area (Å²) in [6, 6.07) is 0. The van der Waals surface area contributed by atoms with Crippen LogP contribution in [0.15, 0.2) is 48.6 Å². The van der Waals surface area contributed by atoms with Gasteiger partial charge < -0.3 is 0 Å². The summed E-state index contributed by atoms with van der Waals surface area (Å²) in [7, 11) is 0. The Kier molecular flexibility index (Phi) is 18.0. The van der Waals surface area contributed by atoms with Crippen LogP contribution in [0.25, 0.3) is 0 Å². The molecule has 0 aliphatic carbocycles. The first-order chi connectivity index (χ1) is 10.4. The van der Waals surface area contributed by atoms with Crippen molar-refractivity contribution in [2.45, 2.75) is 84.5 Å². The molecule has 0 fully saturated rings. The summed E-state index contributed by atoms with van der Waals surface area (Å²) in [5.74, 6) is 0. The van der Waals surface area contributed by atoms with Crippen LogP contribution in [0.3, 0.4) is 0 Å². The second-order valence-corrected chi connectivity index (χ2v) is 5.52. The van der Waals surface area contributed by atoms with Crippen molar-refractivity contribution in [1.82, 2.24) is 0 Å². The Labute approximate surface area is 133 Å². The molecule has 0 nitrogen and oxygen atoms in total. The Morgan fingerprint density at radius 2 is 0.810 bits per heavy atom. The highest BCUT2D eigenvalue weighted by Gasteiger charge is 1.88. The second-order valence-electron chi connectivity index (χ2n) is 5.52. The van der Waals surface area contributed by atoms with Crippen LogP contribution in [0.5, 0.6) is 0 Å². The fourth-order valence-corrected chi connectivity index (χ4v) is 2.17. The van der Waals surface area contributed by atoms with Gasteiger partial charge >= 0.3 is 0 Å². The molecule has 0 radical (unpaired) electrons. The molecule has 0 spiro atoms. The third-order valence-corrected chi connectivity index (χ3v) is 3.42. The van der Waals surface area contributed by atoms with Gasteiger partial charge in [-0.3, -0.25) is 0 Å². The summed E-state index contributed by atoms with van der Waals surface area (Å²) in [6.07, 6.45) is 32.1. The fourth-order valence-electron chi connectivity index (χ4n) is 2.17. The van der Waals surface area contributed by atoms with Crippen LogP contribution in [-0.4, -0.2) is 0 Å². The Morgan fingerprint density at radius 3 is 1.38 bits per heavy atom. The molecule has 0 saturated carbocycles. The van der Waals surface area contributed by atoms with Crippen LogP contribution in [0.2, 0.25) is 0 Å². The van der Waals surface area contributed by atoms with Gasteiger partial charge in [-0.1, -0.05) is 81.7 Å². The summed E-state index contributed by atoms with van der Waals surface area (Å²) in [4.78, 5) is 0. The molecule has 0 aliphatic heterocycles. The van der Waals surface area contributed by atoms with Crippen LogP contribution in [-0.2, 0) is 0 Å². The van der Waals surface area contributed by atoms with E-state index in [-0.39, 0.29) is 0 Å². The van der Waals surface area contributed by atoms with E-state index in [1.165, 1.54) is 51.4 Å². The molecule has 0 rings (SSSR count). The van der Waals surface area contributed by atoms with Gasteiger partial charge in [0.1, 0.15) is 0 Å². The van der Waals surface area contributed by atoms with E-state index in [9.17, 15) is 0 Å². The van der Waals surface area contributed by atoms with Crippen molar-refractivity contribution in [1.29, 1.82) is 0 Å². The minimum atomic E-state index is 1.08. The molecule has 0 aliphatic rings. The van der Waals surface area contributed by atoms with Crippen molar-refractivity contribution < 1.29 is 0 Å². The lowest BCUT2D eigenvalue weighted by atomic mass is 10.1. The highest BCUT2D eigenvalue weighted by atomic mass is 13.9. The molecule has 21 heavy (non-hydrogen) atoms. The van der Waals surface area contributed by atoms with Crippen LogP contribution in [0, 0.1) is 0 Å². The smallest absolute Gasteiger partial charge is 0.0169 e. The van der Waals surface area contributed by atoms with Crippen molar-refractivity contribution in [3.8, 4) is 0 Å². The first-order valence-electron chi connectivity index (χ1n) is 9.01. The molecule has 120 valence electrons. The molecule has 0 heterocycles. The third kappa shape index (κ3) is 19.0. The minimum absolute atomic E-state index is 1.08. The van der Waals surface area contributed by atoms with E-state index >= 15 is 0 Å². The van der Waals surface area contributed by atoms with Gasteiger partial charge in [0.15, 0.2) is 0 Å². The van der Waals surface area contributed by atoms with E-state index in [2.05, 4.69) is 62.5 Å². The van der Waals surface area contributed by atoms with Gasteiger partial charge in [0.25, 0.3) is 0 Å². The molecule has 0 amide bonds. The Balaban J connectivity index is 3.22. The van der Waals surface area contributed by atoms with Gasteiger partial charge in [-0.2, -0.15) is 0 Å². The number of hydrogen-bond acceptors (Lipinski definition) is 0. The highest BCUT2D eigenvalue weighted by molar-refractivity contribution is 4.96. The predicted molar refractivity (Wildman–Crippen MR) is 98.7 cm³/mol. The molecule has 0 heteroatoms. The maximum Gasteiger partial charge on any atom is -0.0169 e. The van der Waals surface area contributed by atoms with Gasteiger partial charge in [0.05, 0.1) is 0 Å². The van der Waals surface area contributed by atoms with Gasteiger partial charge in [-0.25, -0.2) is 0 Å². The normalized spacial score (nSPS) is 12.7. The molecule has 0 aromatic carbocycles. The van der Waals surface area contributed by atoms with E-state index in [1.807, 2.05) is 0 Å². The van der Waals surface area contributed by atoms with Gasteiger partial charge in [0.2, 0.25) is 0 Å². The maximum atomic E-state index is 2.34. The van der Waals surface area contributed by atoms with E-state index in [0.29, 0.717) is 0 Å². The predicted octanol–water partition coefficient (Wildman–Crippen LogP) is 7.54. The number of rotatable bonds is 14. The average Bonchev–Trinajstić information content (AvgIpc) is 2.50. The Morgan fingerprint density at radius 1 is 0.429 bits per heavy atom. The SMILES string of the molecule is CC/C=C\C/C=C\C/C=C\CCCCCCC/C=C/CC. The highest BCUT2D eigenvalue weighted by Crippen LogP contribution is 2.08. The van der Waals surface area contributed by atoms with Crippen molar-refractivity contribution in [3.63, 3.8) is 0 Å². The molecule has 0 unspecified atom stereocenters. The van der Waals surface area contributed by atoms with Gasteiger partial charge in [-0.15, -0.1) is 0 Å². The lowest BCUT2D eigenvalue weighted by molar-refractivity contribution is 0.621. The Bertz CT molecular complexity index is 291. The zero-order chi connectivity index (χ0) is 15.4. The molecule has 0 aromatic rings. The van der Waals surface area contributed by atoms with E-state index in [0.717, 1.165) is 19.3 Å². The van der Waals surface area contributed by atoms with Crippen LogP contribution in [0.1, 0.15) is 84.5 Å². The maximum absolute atomic E-state index is 2.34. The van der Waals surface area contributed by atoms with E-state index in [1.54, 1.807) is 0 Å². The van der Waals surface area contributed by atoms with E-state index in [4.69, 9.17) is 0 Å². The zero-order valence-electron chi connectivity index (χ0n) is 14.4. The molecule has 0 atom stereocenters. The second kappa shape index (κ2) is 19.0.